The molecule has 0 unspecified atom stereocenters. The molecule has 0 saturated carbocycles. The summed E-state index contributed by atoms with van der Waals surface area (Å²) in [5, 5.41) is 0. The van der Waals surface area contributed by atoms with Gasteiger partial charge in [-0.1, -0.05) is 0 Å². The van der Waals surface area contributed by atoms with Crippen molar-refractivity contribution in [1.29, 1.82) is 0 Å². The fraction of sp³-hybridized carbons (Fsp3) is 0.385. The van der Waals surface area contributed by atoms with Crippen LogP contribution in [-0.2, 0) is 19.4 Å². The van der Waals surface area contributed by atoms with Gasteiger partial charge in [-0.3, -0.25) is 9.59 Å². The minimum absolute atomic E-state index is 0.0416. The molecule has 0 atom stereocenters. The third-order valence-corrected chi connectivity index (χ3v) is 4.20. The molecule has 6 nitrogen and oxygen atoms in total. The van der Waals surface area contributed by atoms with Crippen LogP contribution >= 0.6 is 0 Å². The molecule has 0 aliphatic rings. The van der Waals surface area contributed by atoms with Gasteiger partial charge in [-0.05, 0) is 18.2 Å². The highest BCUT2D eigenvalue weighted by atomic mass is 32.2. The third-order valence-electron chi connectivity index (χ3n) is 2.67. The van der Waals surface area contributed by atoms with E-state index in [4.69, 9.17) is 4.74 Å². The molecule has 0 N–H and O–H groups in total. The Bertz CT molecular complexity index is 638. The van der Waals surface area contributed by atoms with E-state index in [1.807, 2.05) is 0 Å². The lowest BCUT2D eigenvalue weighted by Crippen LogP contribution is -2.21. The van der Waals surface area contributed by atoms with Crippen LogP contribution in [0.25, 0.3) is 0 Å². The number of carbonyl (C=O) groups is 2. The van der Waals surface area contributed by atoms with Crippen LogP contribution in [0.1, 0.15) is 16.8 Å². The first kappa shape index (κ1) is 17.1. The topological polar surface area (TPSA) is 86.7 Å². The molecular weight excluding hydrogens is 303 g/mol. The zero-order valence-corrected chi connectivity index (χ0v) is 12.4. The van der Waals surface area contributed by atoms with E-state index in [0.717, 1.165) is 13.2 Å². The lowest BCUT2D eigenvalue weighted by molar-refractivity contribution is -0.140. The van der Waals surface area contributed by atoms with E-state index in [2.05, 4.69) is 4.74 Å². The van der Waals surface area contributed by atoms with Crippen molar-refractivity contribution in [3.05, 3.63) is 29.6 Å². The highest BCUT2D eigenvalue weighted by Gasteiger charge is 2.20. The van der Waals surface area contributed by atoms with E-state index in [1.165, 1.54) is 19.2 Å². The van der Waals surface area contributed by atoms with Crippen LogP contribution < -0.4 is 4.74 Å². The number of benzene rings is 1. The summed E-state index contributed by atoms with van der Waals surface area (Å²) in [4.78, 5) is 22.7. The quantitative estimate of drug-likeness (QED) is 0.550. The van der Waals surface area contributed by atoms with Crippen LogP contribution in [0.2, 0.25) is 0 Å². The molecule has 0 aromatic heterocycles. The summed E-state index contributed by atoms with van der Waals surface area (Å²) in [5.41, 5.74) is -0.0741. The number of Topliss-reactive ketones (excluding diaryl/α,β-unsaturated/α-hetero) is 1. The molecule has 0 bridgehead atoms. The van der Waals surface area contributed by atoms with Crippen LogP contribution in [0.4, 0.5) is 4.39 Å². The van der Waals surface area contributed by atoms with Gasteiger partial charge in [0, 0.05) is 5.56 Å². The van der Waals surface area contributed by atoms with E-state index in [-0.39, 0.29) is 17.7 Å². The number of carbonyl (C=O) groups excluding carboxylic acids is 2. The van der Waals surface area contributed by atoms with E-state index in [9.17, 15) is 22.4 Å². The van der Waals surface area contributed by atoms with Gasteiger partial charge in [-0.2, -0.15) is 0 Å². The van der Waals surface area contributed by atoms with Crippen molar-refractivity contribution in [2.45, 2.75) is 6.42 Å². The van der Waals surface area contributed by atoms with Crippen molar-refractivity contribution in [2.75, 3.05) is 25.7 Å². The Kier molecular flexibility index (Phi) is 5.83. The zero-order valence-electron chi connectivity index (χ0n) is 11.6. The lowest BCUT2D eigenvalue weighted by Gasteiger charge is -2.06. The van der Waals surface area contributed by atoms with Crippen molar-refractivity contribution in [3.63, 3.8) is 0 Å². The van der Waals surface area contributed by atoms with Crippen molar-refractivity contribution in [2.24, 2.45) is 0 Å². The van der Waals surface area contributed by atoms with Crippen molar-refractivity contribution >= 4 is 21.6 Å². The van der Waals surface area contributed by atoms with E-state index < -0.39 is 38.9 Å². The second-order valence-corrected chi connectivity index (χ2v) is 6.37. The largest absolute Gasteiger partial charge is 0.494 e. The Hall–Kier alpha value is -1.96. The highest BCUT2D eigenvalue weighted by Crippen LogP contribution is 2.18. The molecule has 0 aliphatic carbocycles. The molecule has 0 heterocycles. The van der Waals surface area contributed by atoms with Crippen molar-refractivity contribution in [1.82, 2.24) is 0 Å². The first-order chi connectivity index (χ1) is 9.79. The van der Waals surface area contributed by atoms with Gasteiger partial charge < -0.3 is 9.47 Å². The van der Waals surface area contributed by atoms with Crippen LogP contribution in [0.15, 0.2) is 18.2 Å². The van der Waals surface area contributed by atoms with Gasteiger partial charge in [0.2, 0.25) is 0 Å². The number of hydrogen-bond acceptors (Lipinski definition) is 6. The molecule has 0 radical (unpaired) electrons. The number of sulfone groups is 1. The number of ether oxygens (including phenoxy) is 2. The minimum atomic E-state index is -3.77. The second-order valence-electron chi connectivity index (χ2n) is 4.19. The summed E-state index contributed by atoms with van der Waals surface area (Å²) in [5.74, 6) is -3.52. The number of halogens is 1. The summed E-state index contributed by atoms with van der Waals surface area (Å²) < 4.78 is 45.9. The summed E-state index contributed by atoms with van der Waals surface area (Å²) in [6.45, 7) is 0. The van der Waals surface area contributed by atoms with E-state index in [0.29, 0.717) is 0 Å². The number of rotatable bonds is 7. The summed E-state index contributed by atoms with van der Waals surface area (Å²) >= 11 is 0. The normalized spacial score (nSPS) is 11.0. The molecule has 8 heteroatoms. The standard InChI is InChI=1S/C13H15FO6S/c1-19-12-4-3-9(7-10(12)14)11(15)8-21(17,18)6-5-13(16)20-2/h3-4,7H,5-6,8H2,1-2H3. The van der Waals surface area contributed by atoms with Gasteiger partial charge in [-0.15, -0.1) is 0 Å². The number of ketones is 1. The maximum absolute atomic E-state index is 13.5. The highest BCUT2D eigenvalue weighted by molar-refractivity contribution is 7.92. The Morgan fingerprint density at radius 2 is 1.90 bits per heavy atom. The molecular formula is C13H15FO6S. The fourth-order valence-electron chi connectivity index (χ4n) is 1.54. The monoisotopic (exact) mass is 318 g/mol. The molecule has 1 aromatic rings. The van der Waals surface area contributed by atoms with E-state index in [1.54, 1.807) is 0 Å². The molecule has 0 amide bonds. The molecule has 0 aliphatic heterocycles. The molecule has 0 fully saturated rings. The SMILES string of the molecule is COC(=O)CCS(=O)(=O)CC(=O)c1ccc(OC)c(F)c1. The Labute approximate surface area is 121 Å². The van der Waals surface area contributed by atoms with Gasteiger partial charge in [0.25, 0.3) is 0 Å². The molecule has 0 spiro atoms. The van der Waals surface area contributed by atoms with Gasteiger partial charge in [-0.25, -0.2) is 12.8 Å². The van der Waals surface area contributed by atoms with Crippen molar-refractivity contribution < 1.29 is 31.9 Å². The fourth-order valence-corrected chi connectivity index (χ4v) is 2.72. The maximum atomic E-state index is 13.5. The first-order valence-corrected chi connectivity index (χ1v) is 7.75. The predicted octanol–water partition coefficient (Wildman–Crippen LogP) is 0.995. The summed E-state index contributed by atoms with van der Waals surface area (Å²) in [7, 11) is -1.35. The Morgan fingerprint density at radius 1 is 1.24 bits per heavy atom. The summed E-state index contributed by atoms with van der Waals surface area (Å²) in [6, 6.07) is 3.43. The zero-order chi connectivity index (χ0) is 16.0. The average Bonchev–Trinajstić information content (AvgIpc) is 2.44. The van der Waals surface area contributed by atoms with Gasteiger partial charge in [0.05, 0.1) is 26.4 Å². The smallest absolute Gasteiger partial charge is 0.306 e. The Balaban J connectivity index is 2.76. The minimum Gasteiger partial charge on any atom is -0.494 e. The summed E-state index contributed by atoms with van der Waals surface area (Å²) in [6.07, 6.45) is -0.330. The van der Waals surface area contributed by atoms with Gasteiger partial charge in [0.15, 0.2) is 27.2 Å². The molecule has 1 aromatic carbocycles. The number of hydrogen-bond donors (Lipinski definition) is 0. The van der Waals surface area contributed by atoms with Crippen LogP contribution in [0.3, 0.4) is 0 Å². The molecule has 0 saturated heterocycles. The van der Waals surface area contributed by atoms with Crippen LogP contribution in [0.5, 0.6) is 5.75 Å². The average molecular weight is 318 g/mol. The second kappa shape index (κ2) is 7.16. The van der Waals surface area contributed by atoms with Crippen LogP contribution in [0, 0.1) is 5.82 Å². The lowest BCUT2D eigenvalue weighted by atomic mass is 10.1. The van der Waals surface area contributed by atoms with Gasteiger partial charge >= 0.3 is 5.97 Å². The number of esters is 1. The molecule has 21 heavy (non-hydrogen) atoms. The molecule has 116 valence electrons. The predicted molar refractivity (Wildman–Crippen MR) is 72.6 cm³/mol. The molecule has 1 rings (SSSR count). The van der Waals surface area contributed by atoms with Gasteiger partial charge in [0.1, 0.15) is 5.75 Å². The third kappa shape index (κ3) is 5.14. The maximum Gasteiger partial charge on any atom is 0.306 e. The first-order valence-electron chi connectivity index (χ1n) is 5.93. The van der Waals surface area contributed by atoms with Crippen molar-refractivity contribution in [3.8, 4) is 5.75 Å². The Morgan fingerprint density at radius 3 is 2.43 bits per heavy atom. The number of methoxy groups -OCH3 is 2. The van der Waals surface area contributed by atoms with E-state index >= 15 is 0 Å². The van der Waals surface area contributed by atoms with Crippen LogP contribution in [-0.4, -0.2) is 45.9 Å².